The first-order valence-corrected chi connectivity index (χ1v) is 10.2. The summed E-state index contributed by atoms with van der Waals surface area (Å²) in [5.74, 6) is 1.07. The number of anilines is 2. The van der Waals surface area contributed by atoms with Crippen LogP contribution in [0.4, 0.5) is 15.9 Å². The maximum Gasteiger partial charge on any atom is 0.219 e. The van der Waals surface area contributed by atoms with Crippen LogP contribution in [0.3, 0.4) is 0 Å². The molecule has 0 saturated carbocycles. The van der Waals surface area contributed by atoms with Gasteiger partial charge < -0.3 is 10.2 Å². The van der Waals surface area contributed by atoms with Gasteiger partial charge in [0.15, 0.2) is 0 Å². The molecule has 1 aliphatic heterocycles. The van der Waals surface area contributed by atoms with E-state index in [9.17, 15) is 9.18 Å². The van der Waals surface area contributed by atoms with Gasteiger partial charge in [-0.25, -0.2) is 14.4 Å². The molecule has 0 spiro atoms. The molecule has 3 heterocycles. The van der Waals surface area contributed by atoms with Crippen molar-refractivity contribution in [3.05, 3.63) is 66.5 Å². The van der Waals surface area contributed by atoms with Crippen LogP contribution in [0.25, 0.3) is 11.3 Å². The molecule has 7 heteroatoms. The van der Waals surface area contributed by atoms with Crippen molar-refractivity contribution in [2.45, 2.75) is 32.1 Å². The van der Waals surface area contributed by atoms with E-state index in [1.54, 1.807) is 31.5 Å². The number of carbonyl (C=O) groups excluding carboxylic acids is 1. The Bertz CT molecular complexity index is 1030. The second kappa shape index (κ2) is 8.98. The van der Waals surface area contributed by atoms with E-state index in [2.05, 4.69) is 10.3 Å². The van der Waals surface area contributed by atoms with E-state index in [0.29, 0.717) is 23.9 Å². The highest BCUT2D eigenvalue weighted by Crippen LogP contribution is 2.29. The number of likely N-dealkylation sites (tertiary alicyclic amines) is 1. The summed E-state index contributed by atoms with van der Waals surface area (Å²) in [6.45, 7) is 2.97. The van der Waals surface area contributed by atoms with Crippen molar-refractivity contribution in [2.75, 3.05) is 18.4 Å². The van der Waals surface area contributed by atoms with E-state index < -0.39 is 0 Å². The van der Waals surface area contributed by atoms with Crippen LogP contribution in [0.5, 0.6) is 0 Å². The maximum absolute atomic E-state index is 13.6. The molecular weight excluding hydrogens is 381 g/mol. The Hall–Kier alpha value is -3.35. The summed E-state index contributed by atoms with van der Waals surface area (Å²) in [7, 11) is 0. The fourth-order valence-corrected chi connectivity index (χ4v) is 3.73. The second-order valence-corrected chi connectivity index (χ2v) is 7.53. The van der Waals surface area contributed by atoms with Crippen LogP contribution in [0.2, 0.25) is 0 Å². The van der Waals surface area contributed by atoms with Crippen molar-refractivity contribution in [3.63, 3.8) is 0 Å². The van der Waals surface area contributed by atoms with Gasteiger partial charge in [0.05, 0.1) is 5.69 Å². The Labute approximate surface area is 175 Å². The Morgan fingerprint density at radius 1 is 1.17 bits per heavy atom. The summed E-state index contributed by atoms with van der Waals surface area (Å²) in [6.07, 6.45) is 6.38. The monoisotopic (exact) mass is 405 g/mol. The summed E-state index contributed by atoms with van der Waals surface area (Å²) in [5.41, 5.74) is 2.23. The van der Waals surface area contributed by atoms with Gasteiger partial charge in [-0.2, -0.15) is 0 Å². The van der Waals surface area contributed by atoms with Crippen LogP contribution in [-0.4, -0.2) is 38.8 Å². The summed E-state index contributed by atoms with van der Waals surface area (Å²) in [4.78, 5) is 27.6. The average molecular weight is 405 g/mol. The van der Waals surface area contributed by atoms with Crippen LogP contribution in [0.15, 0.2) is 54.9 Å². The predicted molar refractivity (Wildman–Crippen MR) is 114 cm³/mol. The number of hydrogen-bond acceptors (Lipinski definition) is 5. The van der Waals surface area contributed by atoms with Crippen molar-refractivity contribution < 1.29 is 9.18 Å². The molecule has 1 unspecified atom stereocenters. The molecule has 1 atom stereocenters. The van der Waals surface area contributed by atoms with Crippen molar-refractivity contribution >= 4 is 17.4 Å². The Morgan fingerprint density at radius 2 is 2.07 bits per heavy atom. The molecular formula is C23H24FN5O. The quantitative estimate of drug-likeness (QED) is 0.690. The molecule has 1 aromatic carbocycles. The molecule has 3 aromatic rings. The van der Waals surface area contributed by atoms with Crippen LogP contribution in [0, 0.1) is 5.82 Å². The zero-order valence-electron chi connectivity index (χ0n) is 16.9. The minimum Gasteiger partial charge on any atom is -0.342 e. The summed E-state index contributed by atoms with van der Waals surface area (Å²) in [6, 6.07) is 11.9. The molecule has 1 aliphatic rings. The lowest BCUT2D eigenvalue weighted by Crippen LogP contribution is -2.32. The molecule has 6 nitrogen and oxygen atoms in total. The highest BCUT2D eigenvalue weighted by atomic mass is 19.1. The number of carbonyl (C=O) groups is 1. The average Bonchev–Trinajstić information content (AvgIpc) is 3.01. The summed E-state index contributed by atoms with van der Waals surface area (Å²) < 4.78 is 13.6. The summed E-state index contributed by atoms with van der Waals surface area (Å²) >= 11 is 0. The number of benzene rings is 1. The minimum absolute atomic E-state index is 0.0427. The van der Waals surface area contributed by atoms with Crippen LogP contribution in [0.1, 0.15) is 37.9 Å². The molecule has 0 bridgehead atoms. The normalized spacial score (nSPS) is 16.7. The molecule has 1 saturated heterocycles. The van der Waals surface area contributed by atoms with Gasteiger partial charge in [0, 0.05) is 55.6 Å². The van der Waals surface area contributed by atoms with Gasteiger partial charge in [-0.1, -0.05) is 12.5 Å². The predicted octanol–water partition coefficient (Wildman–Crippen LogP) is 4.54. The Balaban J connectivity index is 1.72. The van der Waals surface area contributed by atoms with Crippen molar-refractivity contribution in [3.8, 4) is 11.3 Å². The number of hydrogen-bond donors (Lipinski definition) is 1. The molecule has 1 N–H and O–H groups in total. The maximum atomic E-state index is 13.6. The van der Waals surface area contributed by atoms with Gasteiger partial charge in [-0.15, -0.1) is 0 Å². The van der Waals surface area contributed by atoms with E-state index in [1.165, 1.54) is 12.1 Å². The third kappa shape index (κ3) is 4.79. The number of halogens is 1. The second-order valence-electron chi connectivity index (χ2n) is 7.53. The molecule has 4 rings (SSSR count). The lowest BCUT2D eigenvalue weighted by atomic mass is 10.0. The molecule has 1 amide bonds. The highest BCUT2D eigenvalue weighted by molar-refractivity contribution is 5.73. The first-order valence-electron chi connectivity index (χ1n) is 10.2. The van der Waals surface area contributed by atoms with Crippen LogP contribution in [-0.2, 0) is 4.79 Å². The molecule has 2 aromatic heterocycles. The number of nitrogens with one attached hydrogen (secondary N) is 1. The molecule has 30 heavy (non-hydrogen) atoms. The largest absolute Gasteiger partial charge is 0.342 e. The number of aromatic nitrogens is 3. The lowest BCUT2D eigenvalue weighted by Gasteiger charge is -2.23. The van der Waals surface area contributed by atoms with E-state index in [-0.39, 0.29) is 17.6 Å². The molecule has 154 valence electrons. The summed E-state index contributed by atoms with van der Waals surface area (Å²) in [5, 5.41) is 3.19. The van der Waals surface area contributed by atoms with Gasteiger partial charge in [-0.3, -0.25) is 9.78 Å². The first-order chi connectivity index (χ1) is 14.6. The Morgan fingerprint density at radius 3 is 2.83 bits per heavy atom. The SMILES string of the molecule is CC(=O)N1CCCCC(c2nc(Nc3cccc(F)c3)cc(-c3cccnc3)n2)C1. The fraction of sp³-hybridized carbons (Fsp3) is 0.304. The Kier molecular flexibility index (Phi) is 5.97. The zero-order chi connectivity index (χ0) is 20.9. The fourth-order valence-electron chi connectivity index (χ4n) is 3.73. The number of rotatable bonds is 4. The van der Waals surface area contributed by atoms with Crippen molar-refractivity contribution in [2.24, 2.45) is 0 Å². The first kappa shape index (κ1) is 19.9. The molecule has 0 aliphatic carbocycles. The van der Waals surface area contributed by atoms with E-state index in [4.69, 9.17) is 9.97 Å². The van der Waals surface area contributed by atoms with Crippen molar-refractivity contribution in [1.29, 1.82) is 0 Å². The van der Waals surface area contributed by atoms with E-state index in [0.717, 1.165) is 37.1 Å². The third-order valence-electron chi connectivity index (χ3n) is 5.28. The molecule has 1 fully saturated rings. The lowest BCUT2D eigenvalue weighted by molar-refractivity contribution is -0.128. The van der Waals surface area contributed by atoms with Gasteiger partial charge in [0.1, 0.15) is 17.5 Å². The van der Waals surface area contributed by atoms with Gasteiger partial charge >= 0.3 is 0 Å². The smallest absolute Gasteiger partial charge is 0.219 e. The number of amides is 1. The van der Waals surface area contributed by atoms with Gasteiger partial charge in [-0.05, 0) is 43.2 Å². The number of pyridine rings is 1. The number of nitrogens with zero attached hydrogens (tertiary/aromatic N) is 4. The standard InChI is InChI=1S/C23H24FN5O/c1-16(30)29-11-3-2-6-18(15-29)23-27-21(17-7-5-10-25-14-17)13-22(28-23)26-20-9-4-8-19(24)12-20/h4-5,7-10,12-14,18H,2-3,6,11,15H2,1H3,(H,26,27,28). The van der Waals surface area contributed by atoms with E-state index >= 15 is 0 Å². The van der Waals surface area contributed by atoms with Crippen LogP contribution < -0.4 is 5.32 Å². The zero-order valence-corrected chi connectivity index (χ0v) is 16.9. The van der Waals surface area contributed by atoms with Crippen molar-refractivity contribution in [1.82, 2.24) is 19.9 Å². The molecule has 0 radical (unpaired) electrons. The third-order valence-corrected chi connectivity index (χ3v) is 5.28. The van der Waals surface area contributed by atoms with Crippen LogP contribution >= 0.6 is 0 Å². The highest BCUT2D eigenvalue weighted by Gasteiger charge is 2.24. The minimum atomic E-state index is -0.317. The van der Waals surface area contributed by atoms with Gasteiger partial charge in [0.2, 0.25) is 5.91 Å². The van der Waals surface area contributed by atoms with Gasteiger partial charge in [0.25, 0.3) is 0 Å². The van der Waals surface area contributed by atoms with E-state index in [1.807, 2.05) is 23.1 Å². The topological polar surface area (TPSA) is 71.0 Å².